The number of anilines is 2. The number of aliphatic hydroxyl groups is 1. The fraction of sp³-hybridized carbons (Fsp3) is 0.293. The Morgan fingerprint density at radius 1 is 1.06 bits per heavy atom. The molecule has 3 aromatic carbocycles. The molecule has 2 aliphatic rings. The predicted molar refractivity (Wildman–Crippen MR) is 199 cm³/mol. The number of rotatable bonds is 9. The Bertz CT molecular complexity index is 2350. The van der Waals surface area contributed by atoms with Crippen LogP contribution in [-0.2, 0) is 11.2 Å². The molecule has 0 spiro atoms. The van der Waals surface area contributed by atoms with Crippen LogP contribution in [0.3, 0.4) is 0 Å². The van der Waals surface area contributed by atoms with Crippen LogP contribution in [0.25, 0.3) is 44.6 Å². The van der Waals surface area contributed by atoms with Gasteiger partial charge in [0.1, 0.15) is 11.0 Å². The molecule has 2 aliphatic heterocycles. The van der Waals surface area contributed by atoms with Gasteiger partial charge in [-0.05, 0) is 91.7 Å². The number of oxazole rings is 1. The Balaban J connectivity index is 1.31. The van der Waals surface area contributed by atoms with Gasteiger partial charge in [-0.3, -0.25) is 14.7 Å². The fourth-order valence-electron chi connectivity index (χ4n) is 7.91. The van der Waals surface area contributed by atoms with Crippen molar-refractivity contribution in [3.63, 3.8) is 0 Å². The minimum absolute atomic E-state index is 0.275. The van der Waals surface area contributed by atoms with E-state index in [9.17, 15) is 20.3 Å². The van der Waals surface area contributed by atoms with Gasteiger partial charge < -0.3 is 24.8 Å². The maximum Gasteiger partial charge on any atom is 0.308 e. The molecule has 11 heteroatoms. The SMILES string of the molecule is Cc1c(-c2ccccc2)cc(N(CN2CC[C@@H](O)C2)c2nccc3cccnc23)c(C)c1-c1nc2cc(CC3NCCC3C(=O)O)c(C#N)cc2o1. The maximum atomic E-state index is 11.9. The Morgan fingerprint density at radius 2 is 1.90 bits per heavy atom. The van der Waals surface area contributed by atoms with E-state index in [-0.39, 0.29) is 6.04 Å². The average Bonchev–Trinajstić information content (AvgIpc) is 3.90. The minimum atomic E-state index is -0.831. The van der Waals surface area contributed by atoms with E-state index >= 15 is 0 Å². The van der Waals surface area contributed by atoms with Crippen LogP contribution in [-0.4, -0.2) is 74.5 Å². The third-order valence-electron chi connectivity index (χ3n) is 10.6. The number of carboxylic acids is 1. The number of benzene rings is 3. The van der Waals surface area contributed by atoms with Crippen LogP contribution in [0.4, 0.5) is 11.5 Å². The largest absolute Gasteiger partial charge is 0.481 e. The van der Waals surface area contributed by atoms with Gasteiger partial charge in [0.25, 0.3) is 0 Å². The molecule has 262 valence electrons. The lowest BCUT2D eigenvalue weighted by atomic mass is 9.91. The van der Waals surface area contributed by atoms with Crippen molar-refractivity contribution < 1.29 is 19.4 Å². The van der Waals surface area contributed by atoms with Gasteiger partial charge in [0.2, 0.25) is 5.89 Å². The van der Waals surface area contributed by atoms with E-state index in [1.54, 1.807) is 18.5 Å². The first kappa shape index (κ1) is 33.5. The smallest absolute Gasteiger partial charge is 0.308 e. The molecular weight excluding hydrogens is 654 g/mol. The van der Waals surface area contributed by atoms with E-state index in [1.807, 2.05) is 42.5 Å². The number of carbonyl (C=O) groups is 1. The molecule has 6 aromatic rings. The molecule has 2 fully saturated rings. The normalized spacial score (nSPS) is 19.0. The molecule has 3 aromatic heterocycles. The number of pyridine rings is 2. The van der Waals surface area contributed by atoms with E-state index in [0.717, 1.165) is 56.5 Å². The standard InChI is InChI=1S/C41H39N7O4/c1-24-32(26-7-4-3-5-8-26)20-35(48(23-47-16-12-30(49)22-47)39-38-27(10-14-45-39)9-6-13-44-38)25(2)37(24)40-46-34-18-28(29(21-42)19-36(34)52-40)17-33-31(41(50)51)11-15-43-33/h3-10,13-14,18-20,30-31,33,43,49H,11-12,15-17,22-23H2,1-2H3,(H,50,51)/t30-,31?,33?/m1/s1. The van der Waals surface area contributed by atoms with Crippen LogP contribution >= 0.6 is 0 Å². The number of β-amino-alcohol motifs (C(OH)–C–C–N with tert-alkyl or cyclic N) is 1. The van der Waals surface area contributed by atoms with Crippen molar-refractivity contribution in [2.24, 2.45) is 5.92 Å². The van der Waals surface area contributed by atoms with Crippen LogP contribution in [0.5, 0.6) is 0 Å². The van der Waals surface area contributed by atoms with Crippen molar-refractivity contribution in [2.45, 2.75) is 45.3 Å². The molecule has 0 bridgehead atoms. The van der Waals surface area contributed by atoms with Crippen molar-refractivity contribution in [1.29, 1.82) is 5.26 Å². The number of aromatic nitrogens is 3. The number of nitrogens with zero attached hydrogens (tertiary/aromatic N) is 6. The lowest BCUT2D eigenvalue weighted by molar-refractivity contribution is -0.141. The quantitative estimate of drug-likeness (QED) is 0.155. The van der Waals surface area contributed by atoms with E-state index < -0.39 is 18.0 Å². The zero-order chi connectivity index (χ0) is 35.9. The fourth-order valence-corrected chi connectivity index (χ4v) is 7.91. The lowest BCUT2D eigenvalue weighted by Gasteiger charge is -2.32. The molecule has 3 N–H and O–H groups in total. The molecule has 11 nitrogen and oxygen atoms in total. The highest BCUT2D eigenvalue weighted by Gasteiger charge is 2.34. The van der Waals surface area contributed by atoms with Crippen LogP contribution < -0.4 is 10.2 Å². The summed E-state index contributed by atoms with van der Waals surface area (Å²) >= 11 is 0. The molecule has 52 heavy (non-hydrogen) atoms. The number of hydrogen-bond acceptors (Lipinski definition) is 10. The van der Waals surface area contributed by atoms with Gasteiger partial charge >= 0.3 is 5.97 Å². The van der Waals surface area contributed by atoms with Crippen molar-refractivity contribution in [2.75, 3.05) is 31.2 Å². The first-order valence-corrected chi connectivity index (χ1v) is 17.7. The van der Waals surface area contributed by atoms with Gasteiger partial charge in [0.15, 0.2) is 11.4 Å². The summed E-state index contributed by atoms with van der Waals surface area (Å²) in [6.07, 6.45) is 4.84. The average molecular weight is 694 g/mol. The summed E-state index contributed by atoms with van der Waals surface area (Å²) in [5, 5.41) is 34.7. The third kappa shape index (κ3) is 6.15. The summed E-state index contributed by atoms with van der Waals surface area (Å²) < 4.78 is 6.53. The molecule has 5 heterocycles. The van der Waals surface area contributed by atoms with Crippen LogP contribution in [0.2, 0.25) is 0 Å². The number of hydrogen-bond donors (Lipinski definition) is 3. The topological polar surface area (TPSA) is 152 Å². The maximum absolute atomic E-state index is 11.9. The number of nitrogens with one attached hydrogen (secondary N) is 1. The second-order valence-corrected chi connectivity index (χ2v) is 13.8. The van der Waals surface area contributed by atoms with Gasteiger partial charge in [-0.2, -0.15) is 5.26 Å². The van der Waals surface area contributed by atoms with Gasteiger partial charge in [-0.25, -0.2) is 9.97 Å². The molecule has 8 rings (SSSR count). The zero-order valence-electron chi connectivity index (χ0n) is 29.1. The molecule has 0 radical (unpaired) electrons. The van der Waals surface area contributed by atoms with E-state index in [4.69, 9.17) is 19.4 Å². The number of aliphatic hydroxyl groups excluding tert-OH is 1. The highest BCUT2D eigenvalue weighted by molar-refractivity contribution is 5.93. The highest BCUT2D eigenvalue weighted by atomic mass is 16.4. The molecular formula is C41H39N7O4. The minimum Gasteiger partial charge on any atom is -0.481 e. The molecule has 2 unspecified atom stereocenters. The Hall–Kier alpha value is -5.67. The summed E-state index contributed by atoms with van der Waals surface area (Å²) in [5.41, 5.74) is 8.71. The van der Waals surface area contributed by atoms with Gasteiger partial charge in [0.05, 0.1) is 30.3 Å². The zero-order valence-corrected chi connectivity index (χ0v) is 29.1. The van der Waals surface area contributed by atoms with Crippen LogP contribution in [0.15, 0.2) is 83.5 Å². The first-order chi connectivity index (χ1) is 25.3. The van der Waals surface area contributed by atoms with Crippen molar-refractivity contribution in [3.8, 4) is 28.7 Å². The number of likely N-dealkylation sites (tertiary alicyclic amines) is 1. The third-order valence-corrected chi connectivity index (χ3v) is 10.6. The second-order valence-electron chi connectivity index (χ2n) is 13.8. The predicted octanol–water partition coefficient (Wildman–Crippen LogP) is 6.36. The van der Waals surface area contributed by atoms with E-state index in [2.05, 4.69) is 53.2 Å². The summed E-state index contributed by atoms with van der Waals surface area (Å²) in [4.78, 5) is 31.0. The summed E-state index contributed by atoms with van der Waals surface area (Å²) in [6, 6.07) is 23.9. The second kappa shape index (κ2) is 13.8. The van der Waals surface area contributed by atoms with E-state index in [1.165, 1.54) is 0 Å². The van der Waals surface area contributed by atoms with Crippen LogP contribution in [0, 0.1) is 31.1 Å². The summed E-state index contributed by atoms with van der Waals surface area (Å²) in [5.74, 6) is -0.217. The first-order valence-electron chi connectivity index (χ1n) is 17.7. The van der Waals surface area contributed by atoms with E-state index in [0.29, 0.717) is 67.4 Å². The molecule has 0 aliphatic carbocycles. The van der Waals surface area contributed by atoms with Crippen LogP contribution in [0.1, 0.15) is 35.1 Å². The Morgan fingerprint density at radius 3 is 2.67 bits per heavy atom. The summed E-state index contributed by atoms with van der Waals surface area (Å²) in [6.45, 7) is 6.54. The van der Waals surface area contributed by atoms with Crippen molar-refractivity contribution in [3.05, 3.63) is 101 Å². The monoisotopic (exact) mass is 693 g/mol. The molecule has 2 saturated heterocycles. The number of carboxylic acid groups (broad SMARTS) is 1. The van der Waals surface area contributed by atoms with Gasteiger partial charge in [-0.15, -0.1) is 0 Å². The highest BCUT2D eigenvalue weighted by Crippen LogP contribution is 2.43. The Labute approximate surface area is 301 Å². The van der Waals surface area contributed by atoms with Crippen molar-refractivity contribution >= 4 is 39.5 Å². The number of nitriles is 1. The molecule has 0 saturated carbocycles. The van der Waals surface area contributed by atoms with Crippen molar-refractivity contribution in [1.82, 2.24) is 25.2 Å². The summed E-state index contributed by atoms with van der Waals surface area (Å²) in [7, 11) is 0. The molecule has 0 amide bonds. The van der Waals surface area contributed by atoms with Gasteiger partial charge in [-0.1, -0.05) is 36.4 Å². The number of fused-ring (bicyclic) bond motifs is 2. The van der Waals surface area contributed by atoms with Gasteiger partial charge in [0, 0.05) is 54.2 Å². The Kier molecular flexibility index (Phi) is 8.89. The molecule has 3 atom stereocenters. The lowest BCUT2D eigenvalue weighted by Crippen LogP contribution is -2.35. The number of aliphatic carboxylic acids is 1.